The third-order valence-corrected chi connectivity index (χ3v) is 6.31. The van der Waals surface area contributed by atoms with Crippen LogP contribution in [0.3, 0.4) is 0 Å². The lowest BCUT2D eigenvalue weighted by molar-refractivity contribution is -0.0334. The van der Waals surface area contributed by atoms with Gasteiger partial charge in [-0.25, -0.2) is 0 Å². The van der Waals surface area contributed by atoms with Gasteiger partial charge < -0.3 is 19.7 Å². The van der Waals surface area contributed by atoms with Crippen molar-refractivity contribution >= 4 is 5.96 Å². The van der Waals surface area contributed by atoms with Gasteiger partial charge in [-0.1, -0.05) is 19.3 Å². The van der Waals surface area contributed by atoms with E-state index in [1.165, 1.54) is 38.5 Å². The molecule has 3 fully saturated rings. The first-order valence-electron chi connectivity index (χ1n) is 10.6. The smallest absolute Gasteiger partial charge is 0.193 e. The fourth-order valence-electron chi connectivity index (χ4n) is 4.87. The van der Waals surface area contributed by atoms with Crippen LogP contribution in [0, 0.1) is 5.92 Å². The molecule has 2 aliphatic heterocycles. The molecule has 0 aromatic heterocycles. The second-order valence-electron chi connectivity index (χ2n) is 8.11. The van der Waals surface area contributed by atoms with E-state index in [1.54, 1.807) is 7.11 Å². The number of hydrogen-bond acceptors (Lipinski definition) is 4. The van der Waals surface area contributed by atoms with Crippen molar-refractivity contribution in [2.24, 2.45) is 10.9 Å². The zero-order chi connectivity index (χ0) is 18.2. The van der Waals surface area contributed by atoms with Gasteiger partial charge in [0.25, 0.3) is 0 Å². The summed E-state index contributed by atoms with van der Waals surface area (Å²) in [6.07, 6.45) is 7.81. The summed E-state index contributed by atoms with van der Waals surface area (Å²) in [6.45, 7) is 10.9. The van der Waals surface area contributed by atoms with Crippen LogP contribution in [-0.4, -0.2) is 87.5 Å². The van der Waals surface area contributed by atoms with Crippen molar-refractivity contribution in [2.45, 2.75) is 51.0 Å². The molecule has 2 heterocycles. The van der Waals surface area contributed by atoms with Crippen LogP contribution in [0.25, 0.3) is 0 Å². The summed E-state index contributed by atoms with van der Waals surface area (Å²) in [5.41, 5.74) is 0.244. The molecule has 0 aromatic rings. The molecule has 3 aliphatic rings. The molecule has 1 aliphatic carbocycles. The van der Waals surface area contributed by atoms with E-state index in [0.717, 1.165) is 65.0 Å². The lowest BCUT2D eigenvalue weighted by Crippen LogP contribution is -2.56. The van der Waals surface area contributed by atoms with Gasteiger partial charge in [-0.15, -0.1) is 0 Å². The second-order valence-corrected chi connectivity index (χ2v) is 8.11. The Bertz CT molecular complexity index is 445. The van der Waals surface area contributed by atoms with E-state index in [0.29, 0.717) is 5.92 Å². The average Bonchev–Trinajstić information content (AvgIpc) is 3.15. The fraction of sp³-hybridized carbons (Fsp3) is 0.950. The van der Waals surface area contributed by atoms with Crippen LogP contribution >= 0.6 is 0 Å². The summed E-state index contributed by atoms with van der Waals surface area (Å²) < 4.78 is 11.0. The number of hydrogen-bond donors (Lipinski definition) is 1. The van der Waals surface area contributed by atoms with Crippen LogP contribution in [0.4, 0.5) is 0 Å². The first-order chi connectivity index (χ1) is 12.8. The van der Waals surface area contributed by atoms with Crippen LogP contribution < -0.4 is 5.32 Å². The number of rotatable bonds is 6. The normalized spacial score (nSPS) is 27.7. The standard InChI is InChI=1S/C20H38N4O2/c1-3-21-19(23-10-7-18(15-23)16-25-2)22-17-20(8-5-4-6-9-20)24-11-13-26-14-12-24/h18H,3-17H2,1-2H3,(H,21,22). The van der Waals surface area contributed by atoms with Crippen molar-refractivity contribution in [3.05, 3.63) is 0 Å². The van der Waals surface area contributed by atoms with E-state index in [1.807, 2.05) is 0 Å². The molecule has 0 bridgehead atoms. The quantitative estimate of drug-likeness (QED) is 0.575. The van der Waals surface area contributed by atoms with E-state index in [4.69, 9.17) is 14.5 Å². The maximum atomic E-state index is 5.61. The Morgan fingerprint density at radius 2 is 1.96 bits per heavy atom. The molecule has 0 radical (unpaired) electrons. The topological polar surface area (TPSA) is 49.3 Å². The average molecular weight is 367 g/mol. The lowest BCUT2D eigenvalue weighted by atomic mass is 9.80. The van der Waals surface area contributed by atoms with Crippen molar-refractivity contribution in [3.8, 4) is 0 Å². The Labute approximate surface area is 159 Å². The van der Waals surface area contributed by atoms with Crippen LogP contribution in [0.5, 0.6) is 0 Å². The molecule has 150 valence electrons. The van der Waals surface area contributed by atoms with Gasteiger partial charge in [0.2, 0.25) is 0 Å². The minimum atomic E-state index is 0.244. The van der Waals surface area contributed by atoms with Crippen molar-refractivity contribution in [2.75, 3.05) is 66.2 Å². The molecule has 1 atom stereocenters. The summed E-state index contributed by atoms with van der Waals surface area (Å²) in [5, 5.41) is 3.54. The molecule has 6 heteroatoms. The van der Waals surface area contributed by atoms with Gasteiger partial charge in [-0.2, -0.15) is 0 Å². The molecule has 1 N–H and O–H groups in total. The van der Waals surface area contributed by atoms with E-state index in [2.05, 4.69) is 22.0 Å². The van der Waals surface area contributed by atoms with Crippen molar-refractivity contribution < 1.29 is 9.47 Å². The van der Waals surface area contributed by atoms with Crippen LogP contribution in [-0.2, 0) is 9.47 Å². The number of nitrogens with zero attached hydrogens (tertiary/aromatic N) is 3. The van der Waals surface area contributed by atoms with E-state index in [-0.39, 0.29) is 5.54 Å². The molecule has 2 saturated heterocycles. The van der Waals surface area contributed by atoms with Crippen LogP contribution in [0.15, 0.2) is 4.99 Å². The highest BCUT2D eigenvalue weighted by molar-refractivity contribution is 5.80. The number of morpholine rings is 1. The number of likely N-dealkylation sites (tertiary alicyclic amines) is 1. The Morgan fingerprint density at radius 1 is 1.19 bits per heavy atom. The maximum absolute atomic E-state index is 5.61. The van der Waals surface area contributed by atoms with Gasteiger partial charge in [-0.3, -0.25) is 9.89 Å². The van der Waals surface area contributed by atoms with Gasteiger partial charge in [0, 0.05) is 51.3 Å². The van der Waals surface area contributed by atoms with E-state index in [9.17, 15) is 0 Å². The lowest BCUT2D eigenvalue weighted by Gasteiger charge is -2.47. The Hall–Kier alpha value is -0.850. The molecule has 3 rings (SSSR count). The van der Waals surface area contributed by atoms with Crippen molar-refractivity contribution in [3.63, 3.8) is 0 Å². The van der Waals surface area contributed by atoms with E-state index < -0.39 is 0 Å². The van der Waals surface area contributed by atoms with Gasteiger partial charge in [0.15, 0.2) is 5.96 Å². The fourth-order valence-corrected chi connectivity index (χ4v) is 4.87. The number of aliphatic imine (C=N–C) groups is 1. The summed E-state index contributed by atoms with van der Waals surface area (Å²) >= 11 is 0. The molecule has 0 amide bonds. The minimum Gasteiger partial charge on any atom is -0.384 e. The Morgan fingerprint density at radius 3 is 2.65 bits per heavy atom. The highest BCUT2D eigenvalue weighted by Crippen LogP contribution is 2.34. The first-order valence-corrected chi connectivity index (χ1v) is 10.6. The molecule has 6 nitrogen and oxygen atoms in total. The van der Waals surface area contributed by atoms with Gasteiger partial charge in [0.1, 0.15) is 0 Å². The molecular formula is C20H38N4O2. The third kappa shape index (κ3) is 4.90. The first kappa shape index (κ1) is 19.9. The predicted molar refractivity (Wildman–Crippen MR) is 106 cm³/mol. The van der Waals surface area contributed by atoms with Gasteiger partial charge in [0.05, 0.1) is 26.4 Å². The van der Waals surface area contributed by atoms with Gasteiger partial charge in [-0.05, 0) is 26.2 Å². The minimum absolute atomic E-state index is 0.244. The number of ether oxygens (including phenoxy) is 2. The summed E-state index contributed by atoms with van der Waals surface area (Å²) in [6, 6.07) is 0. The third-order valence-electron chi connectivity index (χ3n) is 6.31. The highest BCUT2D eigenvalue weighted by atomic mass is 16.5. The molecule has 0 aromatic carbocycles. The highest BCUT2D eigenvalue weighted by Gasteiger charge is 2.39. The molecule has 1 saturated carbocycles. The Balaban J connectivity index is 1.69. The summed E-state index contributed by atoms with van der Waals surface area (Å²) in [5.74, 6) is 1.73. The molecule has 26 heavy (non-hydrogen) atoms. The Kier molecular flexibility index (Phi) is 7.58. The second kappa shape index (κ2) is 9.90. The van der Waals surface area contributed by atoms with Gasteiger partial charge >= 0.3 is 0 Å². The summed E-state index contributed by atoms with van der Waals surface area (Å²) in [4.78, 5) is 10.3. The zero-order valence-electron chi connectivity index (χ0n) is 16.8. The predicted octanol–water partition coefficient (Wildman–Crippen LogP) is 1.96. The largest absolute Gasteiger partial charge is 0.384 e. The number of nitrogens with one attached hydrogen (secondary N) is 1. The van der Waals surface area contributed by atoms with Crippen molar-refractivity contribution in [1.29, 1.82) is 0 Å². The van der Waals surface area contributed by atoms with Crippen molar-refractivity contribution in [1.82, 2.24) is 15.1 Å². The zero-order valence-corrected chi connectivity index (χ0v) is 16.8. The van der Waals surface area contributed by atoms with Crippen LogP contribution in [0.1, 0.15) is 45.4 Å². The monoisotopic (exact) mass is 366 g/mol. The molecule has 0 spiro atoms. The SMILES string of the molecule is CCNC(=NCC1(N2CCOCC2)CCCCC1)N1CCC(COC)C1. The number of guanidine groups is 1. The molecular weight excluding hydrogens is 328 g/mol. The number of methoxy groups -OCH3 is 1. The summed E-state index contributed by atoms with van der Waals surface area (Å²) in [7, 11) is 1.80. The maximum Gasteiger partial charge on any atom is 0.193 e. The molecule has 1 unspecified atom stereocenters. The van der Waals surface area contributed by atoms with E-state index >= 15 is 0 Å². The van der Waals surface area contributed by atoms with Crippen LogP contribution in [0.2, 0.25) is 0 Å².